The second kappa shape index (κ2) is 9.69. The number of hydrogen-bond donors (Lipinski definition) is 3. The Morgan fingerprint density at radius 3 is 2.98 bits per heavy atom. The fourth-order valence-electron chi connectivity index (χ4n) is 7.37. The number of alkyl halides is 2. The lowest BCUT2D eigenvalue weighted by molar-refractivity contribution is 0.0560. The molecule has 4 atom stereocenters. The molecule has 0 spiro atoms. The molecule has 2 aromatic carbocycles. The Morgan fingerprint density at radius 2 is 2.14 bits per heavy atom. The van der Waals surface area contributed by atoms with E-state index in [1.54, 1.807) is 16.8 Å². The fraction of sp³-hybridized carbons (Fsp3) is 0.367. The number of thiophene rings is 1. The van der Waals surface area contributed by atoms with Crippen molar-refractivity contribution >= 4 is 43.7 Å². The van der Waals surface area contributed by atoms with Crippen molar-refractivity contribution in [1.82, 2.24) is 14.8 Å². The molecule has 0 amide bonds. The summed E-state index contributed by atoms with van der Waals surface area (Å²) in [5, 5.41) is 17.2. The maximum absolute atomic E-state index is 16.6. The number of halogens is 4. The van der Waals surface area contributed by atoms with Gasteiger partial charge < -0.3 is 25.1 Å². The Morgan fingerprint density at radius 1 is 1.28 bits per heavy atom. The maximum Gasteiger partial charge on any atom is 0.279 e. The predicted octanol–water partition coefficient (Wildman–Crippen LogP) is 6.45. The summed E-state index contributed by atoms with van der Waals surface area (Å²) >= 11 is 7.76. The second-order valence-corrected chi connectivity index (χ2v) is 13.0. The van der Waals surface area contributed by atoms with E-state index in [2.05, 4.69) is 21.6 Å². The molecule has 13 heteroatoms. The number of ether oxygens (including phenoxy) is 2. The summed E-state index contributed by atoms with van der Waals surface area (Å²) in [7, 11) is 0. The van der Waals surface area contributed by atoms with Crippen LogP contribution >= 0.6 is 22.9 Å². The molecule has 4 aromatic rings. The number of nitriles is 1. The molecule has 0 aliphatic carbocycles. The second-order valence-electron chi connectivity index (χ2n) is 11.5. The zero-order valence-electron chi connectivity index (χ0n) is 22.7. The summed E-state index contributed by atoms with van der Waals surface area (Å²) in [6.07, 6.45) is 0.346. The molecule has 8 nitrogen and oxygen atoms in total. The zero-order chi connectivity index (χ0) is 29.6. The van der Waals surface area contributed by atoms with Gasteiger partial charge in [0, 0.05) is 35.8 Å². The van der Waals surface area contributed by atoms with E-state index in [4.69, 9.17) is 26.8 Å². The molecule has 4 aliphatic rings. The predicted molar refractivity (Wildman–Crippen MR) is 159 cm³/mol. The van der Waals surface area contributed by atoms with E-state index >= 15 is 4.39 Å². The van der Waals surface area contributed by atoms with Crippen LogP contribution in [0.15, 0.2) is 30.5 Å². The van der Waals surface area contributed by atoms with E-state index in [1.807, 2.05) is 6.07 Å². The number of rotatable bonds is 4. The first-order valence-corrected chi connectivity index (χ1v) is 15.3. The van der Waals surface area contributed by atoms with Crippen molar-refractivity contribution in [3.8, 4) is 28.7 Å². The molecule has 43 heavy (non-hydrogen) atoms. The van der Waals surface area contributed by atoms with Crippen molar-refractivity contribution < 1.29 is 22.6 Å². The third-order valence-electron chi connectivity index (χ3n) is 9.20. The number of fused-ring (bicyclic) bond motifs is 4. The van der Waals surface area contributed by atoms with Crippen LogP contribution in [0.25, 0.3) is 21.2 Å². The first kappa shape index (κ1) is 27.0. The van der Waals surface area contributed by atoms with Gasteiger partial charge >= 0.3 is 0 Å². The summed E-state index contributed by atoms with van der Waals surface area (Å²) in [4.78, 5) is 2.16. The summed E-state index contributed by atoms with van der Waals surface area (Å²) in [6, 6.07) is 8.43. The van der Waals surface area contributed by atoms with Crippen LogP contribution in [0, 0.1) is 17.1 Å². The molecular formula is C30H26ClF3N6O2S. The molecule has 222 valence electrons. The van der Waals surface area contributed by atoms with E-state index in [1.165, 1.54) is 12.1 Å². The Bertz CT molecular complexity index is 1860. The lowest BCUT2D eigenvalue weighted by Gasteiger charge is -2.33. The Hall–Kier alpha value is -3.63. The third kappa shape index (κ3) is 3.88. The molecule has 0 saturated carbocycles. The quantitative estimate of drug-likeness (QED) is 0.239. The highest BCUT2D eigenvalue weighted by Gasteiger charge is 2.49. The van der Waals surface area contributed by atoms with Gasteiger partial charge in [-0.25, -0.2) is 8.78 Å². The lowest BCUT2D eigenvalue weighted by atomic mass is 9.95. The number of hydrogen-bond acceptors (Lipinski definition) is 8. The Kier molecular flexibility index (Phi) is 6.07. The number of nitrogens with two attached hydrogens (primary N) is 1. The molecule has 6 heterocycles. The maximum atomic E-state index is 16.6. The first-order chi connectivity index (χ1) is 20.8. The average Bonchev–Trinajstić information content (AvgIpc) is 3.70. The standard InChI is InChI=1S/C30H26ClF3N6O2S/c31-17-11-40-24(22(17)15-2-3-18(33)26-21(15)16(9-35)28(36)43-26)27(34)42-25-20(5-4-19-23(25)29(40)38-13-37-19)41-12-30-6-1-7-39(30)10-14(32)8-30/h2-5,11,14,27,29,37-38H,1,6-8,10,12-13,36H2/t14-,27-,29?,30+/m1/s1. The number of nitrogens with one attached hydrogen (secondary N) is 2. The van der Waals surface area contributed by atoms with Crippen molar-refractivity contribution in [2.45, 2.75) is 43.5 Å². The van der Waals surface area contributed by atoms with Crippen molar-refractivity contribution in [2.24, 2.45) is 0 Å². The van der Waals surface area contributed by atoms with Crippen LogP contribution in [-0.4, -0.2) is 47.5 Å². The summed E-state index contributed by atoms with van der Waals surface area (Å²) in [5.41, 5.74) is 7.95. The average molecular weight is 627 g/mol. The van der Waals surface area contributed by atoms with E-state index in [9.17, 15) is 14.0 Å². The van der Waals surface area contributed by atoms with Gasteiger partial charge in [0.2, 0.25) is 0 Å². The van der Waals surface area contributed by atoms with Gasteiger partial charge in [0.05, 0.1) is 33.1 Å². The molecule has 8 rings (SSSR count). The van der Waals surface area contributed by atoms with Gasteiger partial charge in [-0.05, 0) is 43.1 Å². The highest BCUT2D eigenvalue weighted by molar-refractivity contribution is 7.23. The van der Waals surface area contributed by atoms with E-state index in [-0.39, 0.29) is 49.3 Å². The number of nitrogens with zero attached hydrogens (tertiary/aromatic N) is 3. The van der Waals surface area contributed by atoms with Gasteiger partial charge in [0.15, 0.2) is 11.5 Å². The molecule has 0 radical (unpaired) electrons. The van der Waals surface area contributed by atoms with E-state index in [0.717, 1.165) is 36.4 Å². The van der Waals surface area contributed by atoms with Gasteiger partial charge in [-0.2, -0.15) is 9.65 Å². The molecule has 0 bridgehead atoms. The molecule has 2 fully saturated rings. The van der Waals surface area contributed by atoms with Crippen molar-refractivity contribution in [3.63, 3.8) is 0 Å². The van der Waals surface area contributed by atoms with Crippen LogP contribution in [0.2, 0.25) is 5.02 Å². The minimum atomic E-state index is -2.01. The first-order valence-electron chi connectivity index (χ1n) is 14.1. The molecule has 4 N–H and O–H groups in total. The highest BCUT2D eigenvalue weighted by atomic mass is 35.5. The summed E-state index contributed by atoms with van der Waals surface area (Å²) in [5.74, 6) is 0.0604. The number of anilines is 2. The van der Waals surface area contributed by atoms with Crippen LogP contribution in [0.4, 0.5) is 23.9 Å². The Balaban J connectivity index is 1.25. The number of aromatic nitrogens is 1. The van der Waals surface area contributed by atoms with Gasteiger partial charge in [-0.15, -0.1) is 11.3 Å². The van der Waals surface area contributed by atoms with Gasteiger partial charge in [0.1, 0.15) is 41.5 Å². The third-order valence-corrected chi connectivity index (χ3v) is 10.5. The van der Waals surface area contributed by atoms with Crippen LogP contribution in [0.1, 0.15) is 48.6 Å². The van der Waals surface area contributed by atoms with Crippen LogP contribution in [-0.2, 0) is 0 Å². The topological polar surface area (TPSA) is 100 Å². The fourth-order valence-corrected chi connectivity index (χ4v) is 8.62. The van der Waals surface area contributed by atoms with E-state index in [0.29, 0.717) is 36.5 Å². The molecule has 2 saturated heterocycles. The molecule has 2 aromatic heterocycles. The van der Waals surface area contributed by atoms with Crippen molar-refractivity contribution in [2.75, 3.05) is 37.4 Å². The molecular weight excluding hydrogens is 601 g/mol. The largest absolute Gasteiger partial charge is 0.488 e. The van der Waals surface area contributed by atoms with Crippen LogP contribution in [0.3, 0.4) is 0 Å². The normalized spacial score (nSPS) is 25.8. The number of nitrogen functional groups attached to an aromatic ring is 1. The summed E-state index contributed by atoms with van der Waals surface area (Å²) < 4.78 is 60.1. The van der Waals surface area contributed by atoms with Crippen molar-refractivity contribution in [1.29, 1.82) is 5.26 Å². The van der Waals surface area contributed by atoms with Crippen LogP contribution < -0.4 is 25.8 Å². The van der Waals surface area contributed by atoms with E-state index < -0.39 is 30.1 Å². The SMILES string of the molecule is N#Cc1c(N)sc2c(F)ccc(-c3c(Cl)cn4c3[C@H](F)Oc3c(OC[C@@]56CCCN5C[C@H](F)C6)ccc5c3C4NCN5)c12. The smallest absolute Gasteiger partial charge is 0.279 e. The van der Waals surface area contributed by atoms with Gasteiger partial charge in [-0.3, -0.25) is 10.2 Å². The highest BCUT2D eigenvalue weighted by Crippen LogP contribution is 2.52. The Labute approximate surface area is 253 Å². The monoisotopic (exact) mass is 626 g/mol. The van der Waals surface area contributed by atoms with Crippen LogP contribution in [0.5, 0.6) is 11.5 Å². The van der Waals surface area contributed by atoms with Gasteiger partial charge in [-0.1, -0.05) is 17.7 Å². The molecule has 1 unspecified atom stereocenters. The summed E-state index contributed by atoms with van der Waals surface area (Å²) in [6.45, 7) is 1.88. The minimum absolute atomic E-state index is 0.107. The number of benzene rings is 2. The minimum Gasteiger partial charge on any atom is -0.488 e. The van der Waals surface area contributed by atoms with Crippen molar-refractivity contribution in [3.05, 3.63) is 58.1 Å². The lowest BCUT2D eigenvalue weighted by Crippen LogP contribution is -2.43. The molecule has 4 aliphatic heterocycles. The van der Waals surface area contributed by atoms with Gasteiger partial charge in [0.25, 0.3) is 6.36 Å². The zero-order valence-corrected chi connectivity index (χ0v) is 24.3.